The van der Waals surface area contributed by atoms with E-state index in [-0.39, 0.29) is 23.6 Å². The van der Waals surface area contributed by atoms with Gasteiger partial charge in [0.15, 0.2) is 0 Å². The first kappa shape index (κ1) is 19.2. The largest absolute Gasteiger partial charge is 0.444 e. The molecular weight excluding hydrogens is 368 g/mol. The Labute approximate surface area is 159 Å². The number of benzene rings is 2. The van der Waals surface area contributed by atoms with Gasteiger partial charge in [-0.15, -0.1) is 0 Å². The van der Waals surface area contributed by atoms with E-state index < -0.39 is 17.6 Å². The average molecular weight is 385 g/mol. The molecule has 3 rings (SSSR count). The maximum Gasteiger partial charge on any atom is 0.251 e. The second-order valence-corrected chi connectivity index (χ2v) is 6.03. The number of hydrogen-bond acceptors (Lipinski definition) is 4. The van der Waals surface area contributed by atoms with E-state index in [1.807, 2.05) is 0 Å². The Morgan fingerprint density at radius 1 is 1.11 bits per heavy atom. The van der Waals surface area contributed by atoms with Crippen LogP contribution in [0.3, 0.4) is 0 Å². The highest BCUT2D eigenvalue weighted by Gasteiger charge is 2.11. The quantitative estimate of drug-likeness (QED) is 0.680. The first-order chi connectivity index (χ1) is 13.4. The lowest BCUT2D eigenvalue weighted by atomic mass is 10.1. The topological polar surface area (TPSA) is 84.2 Å². The second kappa shape index (κ2) is 8.43. The van der Waals surface area contributed by atoms with Crippen molar-refractivity contribution in [1.82, 2.24) is 10.3 Å². The Kier molecular flexibility index (Phi) is 5.78. The van der Waals surface area contributed by atoms with Crippen LogP contribution in [0.25, 0.3) is 11.5 Å². The standard InChI is InChI=1S/C20H17F2N3O3/c1-12(26)24-18-10-14(4-7-17(18)22)19(27)23-9-8-16-11-28-20(25-16)13-2-5-15(21)6-3-13/h2-7,10-11H,8-9H2,1H3,(H,23,27)(H,24,26). The summed E-state index contributed by atoms with van der Waals surface area (Å²) in [5, 5.41) is 5.03. The fraction of sp³-hybridized carbons (Fsp3) is 0.150. The van der Waals surface area contributed by atoms with Crippen LogP contribution < -0.4 is 10.6 Å². The number of rotatable bonds is 6. The van der Waals surface area contributed by atoms with Gasteiger partial charge in [-0.2, -0.15) is 0 Å². The van der Waals surface area contributed by atoms with Crippen molar-refractivity contribution in [3.05, 3.63) is 71.6 Å². The number of aromatic nitrogens is 1. The molecule has 0 aliphatic heterocycles. The van der Waals surface area contributed by atoms with Gasteiger partial charge in [-0.3, -0.25) is 9.59 Å². The zero-order valence-electron chi connectivity index (χ0n) is 15.0. The predicted octanol–water partition coefficient (Wildman–Crippen LogP) is 3.55. The van der Waals surface area contributed by atoms with Crippen LogP contribution >= 0.6 is 0 Å². The third-order valence-corrected chi connectivity index (χ3v) is 3.85. The maximum absolute atomic E-state index is 13.6. The Morgan fingerprint density at radius 3 is 2.57 bits per heavy atom. The molecule has 1 heterocycles. The van der Waals surface area contributed by atoms with Crippen LogP contribution in [0.2, 0.25) is 0 Å². The predicted molar refractivity (Wildman–Crippen MR) is 98.6 cm³/mol. The lowest BCUT2D eigenvalue weighted by molar-refractivity contribution is -0.114. The normalized spacial score (nSPS) is 10.5. The molecule has 0 unspecified atom stereocenters. The number of amides is 2. The molecule has 2 amide bonds. The number of hydrogen-bond donors (Lipinski definition) is 2. The highest BCUT2D eigenvalue weighted by atomic mass is 19.1. The molecule has 1 aromatic heterocycles. The molecule has 0 fully saturated rings. The fourth-order valence-electron chi connectivity index (χ4n) is 2.50. The van der Waals surface area contributed by atoms with E-state index in [4.69, 9.17) is 4.42 Å². The molecule has 0 aliphatic rings. The van der Waals surface area contributed by atoms with E-state index in [9.17, 15) is 18.4 Å². The van der Waals surface area contributed by atoms with Crippen LogP contribution in [0.4, 0.5) is 14.5 Å². The number of halogens is 2. The number of carbonyl (C=O) groups excluding carboxylic acids is 2. The van der Waals surface area contributed by atoms with Crippen molar-refractivity contribution >= 4 is 17.5 Å². The monoisotopic (exact) mass is 385 g/mol. The molecule has 144 valence electrons. The van der Waals surface area contributed by atoms with Gasteiger partial charge in [-0.1, -0.05) is 0 Å². The van der Waals surface area contributed by atoms with Gasteiger partial charge in [-0.05, 0) is 42.5 Å². The van der Waals surface area contributed by atoms with E-state index in [1.165, 1.54) is 37.5 Å². The zero-order chi connectivity index (χ0) is 20.1. The highest BCUT2D eigenvalue weighted by Crippen LogP contribution is 2.19. The molecule has 2 aromatic carbocycles. The summed E-state index contributed by atoms with van der Waals surface area (Å²) in [6, 6.07) is 9.48. The van der Waals surface area contributed by atoms with Crippen molar-refractivity contribution in [1.29, 1.82) is 0 Å². The Bertz CT molecular complexity index is 1000. The number of nitrogens with zero attached hydrogens (tertiary/aromatic N) is 1. The van der Waals surface area contributed by atoms with Gasteiger partial charge >= 0.3 is 0 Å². The fourth-order valence-corrected chi connectivity index (χ4v) is 2.50. The summed E-state index contributed by atoms with van der Waals surface area (Å²) in [6.07, 6.45) is 1.88. The van der Waals surface area contributed by atoms with Crippen molar-refractivity contribution in [2.45, 2.75) is 13.3 Å². The third-order valence-electron chi connectivity index (χ3n) is 3.85. The molecule has 6 nitrogen and oxygen atoms in total. The van der Waals surface area contributed by atoms with Gasteiger partial charge in [0.1, 0.15) is 17.9 Å². The third kappa shape index (κ3) is 4.79. The molecule has 0 atom stereocenters. The van der Waals surface area contributed by atoms with E-state index >= 15 is 0 Å². The molecule has 0 bridgehead atoms. The number of oxazole rings is 1. The van der Waals surface area contributed by atoms with Gasteiger partial charge in [0.25, 0.3) is 5.91 Å². The van der Waals surface area contributed by atoms with Crippen LogP contribution in [-0.4, -0.2) is 23.3 Å². The van der Waals surface area contributed by atoms with E-state index in [0.29, 0.717) is 23.6 Å². The Hall–Kier alpha value is -3.55. The summed E-state index contributed by atoms with van der Waals surface area (Å²) in [7, 11) is 0. The molecule has 0 saturated heterocycles. The van der Waals surface area contributed by atoms with Gasteiger partial charge in [0, 0.05) is 31.0 Å². The van der Waals surface area contributed by atoms with Crippen molar-refractivity contribution in [2.75, 3.05) is 11.9 Å². The van der Waals surface area contributed by atoms with Gasteiger partial charge in [-0.25, -0.2) is 13.8 Å². The summed E-state index contributed by atoms with van der Waals surface area (Å²) in [4.78, 5) is 27.6. The Balaban J connectivity index is 1.57. The summed E-state index contributed by atoms with van der Waals surface area (Å²) in [6.45, 7) is 1.53. The summed E-state index contributed by atoms with van der Waals surface area (Å²) in [5.41, 5.74) is 1.43. The van der Waals surface area contributed by atoms with Crippen LogP contribution in [0.5, 0.6) is 0 Å². The average Bonchev–Trinajstić information content (AvgIpc) is 3.12. The van der Waals surface area contributed by atoms with Gasteiger partial charge in [0.05, 0.1) is 11.4 Å². The molecule has 0 saturated carbocycles. The van der Waals surface area contributed by atoms with Crippen LogP contribution in [0.1, 0.15) is 23.0 Å². The van der Waals surface area contributed by atoms with E-state index in [2.05, 4.69) is 15.6 Å². The lowest BCUT2D eigenvalue weighted by Crippen LogP contribution is -2.26. The Morgan fingerprint density at radius 2 is 1.86 bits per heavy atom. The minimum Gasteiger partial charge on any atom is -0.444 e. The van der Waals surface area contributed by atoms with Gasteiger partial charge in [0.2, 0.25) is 11.8 Å². The maximum atomic E-state index is 13.6. The SMILES string of the molecule is CC(=O)Nc1cc(C(=O)NCCc2coc(-c3ccc(F)cc3)n2)ccc1F. The number of nitrogens with one attached hydrogen (secondary N) is 2. The van der Waals surface area contributed by atoms with Gasteiger partial charge < -0.3 is 15.1 Å². The molecule has 0 radical (unpaired) electrons. The first-order valence-electron chi connectivity index (χ1n) is 8.48. The first-order valence-corrected chi connectivity index (χ1v) is 8.48. The van der Waals surface area contributed by atoms with Crippen molar-refractivity contribution in [3.63, 3.8) is 0 Å². The number of carbonyl (C=O) groups is 2. The molecule has 3 aromatic rings. The minimum absolute atomic E-state index is 0.0550. The molecule has 0 aliphatic carbocycles. The van der Waals surface area contributed by atoms with Crippen molar-refractivity contribution in [2.24, 2.45) is 0 Å². The molecule has 8 heteroatoms. The van der Waals surface area contributed by atoms with Crippen molar-refractivity contribution in [3.8, 4) is 11.5 Å². The molecule has 2 N–H and O–H groups in total. The number of anilines is 1. The van der Waals surface area contributed by atoms with Crippen molar-refractivity contribution < 1.29 is 22.8 Å². The summed E-state index contributed by atoms with van der Waals surface area (Å²) >= 11 is 0. The molecular formula is C20H17F2N3O3. The molecule has 28 heavy (non-hydrogen) atoms. The van der Waals surface area contributed by atoms with Crippen LogP contribution in [0, 0.1) is 11.6 Å². The second-order valence-electron chi connectivity index (χ2n) is 6.03. The van der Waals surface area contributed by atoms with Crippen LogP contribution in [-0.2, 0) is 11.2 Å². The smallest absolute Gasteiger partial charge is 0.251 e. The lowest BCUT2D eigenvalue weighted by Gasteiger charge is -2.08. The molecule has 0 spiro atoms. The van der Waals surface area contributed by atoms with Crippen LogP contribution in [0.15, 0.2) is 53.1 Å². The highest BCUT2D eigenvalue weighted by molar-refractivity contribution is 5.96. The summed E-state index contributed by atoms with van der Waals surface area (Å²) < 4.78 is 32.0. The minimum atomic E-state index is -0.623. The van der Waals surface area contributed by atoms with E-state index in [1.54, 1.807) is 12.1 Å². The summed E-state index contributed by atoms with van der Waals surface area (Å²) in [5.74, 6) is -1.45. The van der Waals surface area contributed by atoms with E-state index in [0.717, 1.165) is 6.07 Å². The zero-order valence-corrected chi connectivity index (χ0v) is 15.0.